The van der Waals surface area contributed by atoms with E-state index in [1.54, 1.807) is 6.33 Å². The normalized spacial score (nSPS) is 32.8. The van der Waals surface area contributed by atoms with Gasteiger partial charge in [0.05, 0.1) is 6.61 Å². The van der Waals surface area contributed by atoms with Crippen molar-refractivity contribution in [2.24, 2.45) is 5.41 Å². The standard InChI is InChI=1S/C17H26N4O/c1-20-7-2-5-17(11-22)6-8-21(10-15(17)20)16-9-14(13-3-4-13)18-12-19-16/h9,12-13,15,22H,2-8,10-11H2,1H3/t15-,17-/m1/s1. The van der Waals surface area contributed by atoms with Gasteiger partial charge >= 0.3 is 0 Å². The summed E-state index contributed by atoms with van der Waals surface area (Å²) in [6.45, 7) is 3.41. The molecule has 0 spiro atoms. The van der Waals surface area contributed by atoms with Gasteiger partial charge in [0.2, 0.25) is 0 Å². The third-order valence-electron chi connectivity index (χ3n) is 6.01. The van der Waals surface area contributed by atoms with Crippen molar-refractivity contribution in [3.05, 3.63) is 18.1 Å². The zero-order valence-corrected chi connectivity index (χ0v) is 13.4. The van der Waals surface area contributed by atoms with E-state index in [2.05, 4.69) is 32.9 Å². The van der Waals surface area contributed by atoms with Crippen molar-refractivity contribution in [3.63, 3.8) is 0 Å². The minimum absolute atomic E-state index is 0.0931. The maximum Gasteiger partial charge on any atom is 0.132 e. The molecular weight excluding hydrogens is 276 g/mol. The number of aromatic nitrogens is 2. The second-order valence-corrected chi connectivity index (χ2v) is 7.39. The summed E-state index contributed by atoms with van der Waals surface area (Å²) in [5, 5.41) is 10.0. The fraction of sp³-hybridized carbons (Fsp3) is 0.765. The number of nitrogens with zero attached hydrogens (tertiary/aromatic N) is 4. The summed E-state index contributed by atoms with van der Waals surface area (Å²) in [6.07, 6.45) is 7.68. The monoisotopic (exact) mass is 302 g/mol. The summed E-state index contributed by atoms with van der Waals surface area (Å²) < 4.78 is 0. The molecular formula is C17H26N4O. The van der Waals surface area contributed by atoms with E-state index in [0.717, 1.165) is 38.3 Å². The van der Waals surface area contributed by atoms with Gasteiger partial charge in [-0.25, -0.2) is 9.97 Å². The number of hydrogen-bond acceptors (Lipinski definition) is 5. The van der Waals surface area contributed by atoms with Crippen LogP contribution in [0.25, 0.3) is 0 Å². The summed E-state index contributed by atoms with van der Waals surface area (Å²) in [6, 6.07) is 2.62. The Bertz CT molecular complexity index is 547. The van der Waals surface area contributed by atoms with Gasteiger partial charge in [-0.15, -0.1) is 0 Å². The van der Waals surface area contributed by atoms with Gasteiger partial charge in [0, 0.05) is 42.2 Å². The first-order valence-corrected chi connectivity index (χ1v) is 8.60. The van der Waals surface area contributed by atoms with E-state index < -0.39 is 0 Å². The van der Waals surface area contributed by atoms with Crippen LogP contribution in [0.5, 0.6) is 0 Å². The highest BCUT2D eigenvalue weighted by Crippen LogP contribution is 2.43. The number of likely N-dealkylation sites (tertiary alicyclic amines) is 1. The molecule has 3 aliphatic rings. The first-order valence-electron chi connectivity index (χ1n) is 8.60. The maximum atomic E-state index is 10.0. The van der Waals surface area contributed by atoms with Crippen molar-refractivity contribution in [2.45, 2.75) is 44.1 Å². The molecule has 2 aliphatic heterocycles. The molecule has 1 N–H and O–H groups in total. The highest BCUT2D eigenvalue weighted by atomic mass is 16.3. The molecule has 3 heterocycles. The van der Waals surface area contributed by atoms with E-state index in [1.807, 2.05) is 0 Å². The second-order valence-electron chi connectivity index (χ2n) is 7.39. The van der Waals surface area contributed by atoms with Gasteiger partial charge in [-0.2, -0.15) is 0 Å². The lowest BCUT2D eigenvalue weighted by Crippen LogP contribution is -2.61. The van der Waals surface area contributed by atoms with Crippen molar-refractivity contribution in [3.8, 4) is 0 Å². The Kier molecular flexibility index (Phi) is 3.57. The van der Waals surface area contributed by atoms with Gasteiger partial charge in [0.15, 0.2) is 0 Å². The Morgan fingerprint density at radius 2 is 2.14 bits per heavy atom. The van der Waals surface area contributed by atoms with Crippen LogP contribution in [0.4, 0.5) is 5.82 Å². The van der Waals surface area contributed by atoms with Crippen LogP contribution in [0.2, 0.25) is 0 Å². The summed E-state index contributed by atoms with van der Waals surface area (Å²) in [4.78, 5) is 13.8. The zero-order valence-electron chi connectivity index (χ0n) is 13.4. The fourth-order valence-electron chi connectivity index (χ4n) is 4.36. The molecule has 0 amide bonds. The molecule has 0 aromatic carbocycles. The molecule has 1 saturated carbocycles. The highest BCUT2D eigenvalue weighted by molar-refractivity contribution is 5.42. The zero-order chi connectivity index (χ0) is 15.2. The van der Waals surface area contributed by atoms with Crippen LogP contribution < -0.4 is 4.90 Å². The van der Waals surface area contributed by atoms with Gasteiger partial charge in [-0.1, -0.05) is 0 Å². The topological polar surface area (TPSA) is 52.5 Å². The largest absolute Gasteiger partial charge is 0.396 e. The van der Waals surface area contributed by atoms with Gasteiger partial charge in [0.25, 0.3) is 0 Å². The predicted molar refractivity (Wildman–Crippen MR) is 86.0 cm³/mol. The minimum Gasteiger partial charge on any atom is -0.396 e. The van der Waals surface area contributed by atoms with Crippen molar-refractivity contribution in [2.75, 3.05) is 38.2 Å². The van der Waals surface area contributed by atoms with Crippen LogP contribution in [0, 0.1) is 5.41 Å². The Morgan fingerprint density at radius 1 is 1.27 bits per heavy atom. The van der Waals surface area contributed by atoms with Gasteiger partial charge < -0.3 is 14.9 Å². The number of rotatable bonds is 3. The fourth-order valence-corrected chi connectivity index (χ4v) is 4.36. The smallest absolute Gasteiger partial charge is 0.132 e. The van der Waals surface area contributed by atoms with Crippen molar-refractivity contribution in [1.29, 1.82) is 0 Å². The summed E-state index contributed by atoms with van der Waals surface area (Å²) in [5.74, 6) is 1.74. The SMILES string of the molecule is CN1CCC[C@]2(CO)CCN(c3cc(C4CC4)ncn3)C[C@@H]12. The molecule has 0 bridgehead atoms. The molecule has 0 radical (unpaired) electrons. The number of aliphatic hydroxyl groups excluding tert-OH is 1. The average molecular weight is 302 g/mol. The van der Waals surface area contributed by atoms with E-state index in [1.165, 1.54) is 25.0 Å². The van der Waals surface area contributed by atoms with Crippen LogP contribution in [-0.4, -0.2) is 59.3 Å². The number of likely N-dealkylation sites (N-methyl/N-ethyl adjacent to an activating group) is 1. The third kappa shape index (κ3) is 2.40. The number of anilines is 1. The molecule has 4 rings (SSSR count). The molecule has 3 fully saturated rings. The molecule has 2 atom stereocenters. The lowest BCUT2D eigenvalue weighted by molar-refractivity contribution is -0.0277. The Labute approximate surface area is 132 Å². The van der Waals surface area contributed by atoms with E-state index in [4.69, 9.17) is 0 Å². The van der Waals surface area contributed by atoms with Crippen molar-refractivity contribution in [1.82, 2.24) is 14.9 Å². The number of piperidine rings is 2. The molecule has 1 aromatic rings. The molecule has 5 heteroatoms. The molecule has 1 aliphatic carbocycles. The lowest BCUT2D eigenvalue weighted by atomic mass is 9.69. The molecule has 2 saturated heterocycles. The van der Waals surface area contributed by atoms with Crippen molar-refractivity contribution < 1.29 is 5.11 Å². The van der Waals surface area contributed by atoms with Gasteiger partial charge in [-0.05, 0) is 45.7 Å². The highest BCUT2D eigenvalue weighted by Gasteiger charge is 2.46. The van der Waals surface area contributed by atoms with E-state index >= 15 is 0 Å². The van der Waals surface area contributed by atoms with E-state index in [9.17, 15) is 5.11 Å². The van der Waals surface area contributed by atoms with Gasteiger partial charge in [-0.3, -0.25) is 0 Å². The van der Waals surface area contributed by atoms with Gasteiger partial charge in [0.1, 0.15) is 12.1 Å². The Hall–Kier alpha value is -1.20. The number of aliphatic hydroxyl groups is 1. The van der Waals surface area contributed by atoms with E-state index in [-0.39, 0.29) is 5.41 Å². The summed E-state index contributed by atoms with van der Waals surface area (Å²) in [5.41, 5.74) is 1.30. The Balaban J connectivity index is 1.56. The van der Waals surface area contributed by atoms with Crippen LogP contribution in [0.15, 0.2) is 12.4 Å². The molecule has 0 unspecified atom stereocenters. The minimum atomic E-state index is 0.0931. The first kappa shape index (κ1) is 14.4. The quantitative estimate of drug-likeness (QED) is 0.920. The predicted octanol–water partition coefficient (Wildman–Crippen LogP) is 1.64. The van der Waals surface area contributed by atoms with Crippen LogP contribution in [-0.2, 0) is 0 Å². The van der Waals surface area contributed by atoms with Crippen LogP contribution in [0.1, 0.15) is 43.7 Å². The molecule has 5 nitrogen and oxygen atoms in total. The number of fused-ring (bicyclic) bond motifs is 1. The number of hydrogen-bond donors (Lipinski definition) is 1. The molecule has 1 aromatic heterocycles. The molecule has 22 heavy (non-hydrogen) atoms. The average Bonchev–Trinajstić information content (AvgIpc) is 3.40. The second kappa shape index (κ2) is 5.46. The Morgan fingerprint density at radius 3 is 2.91 bits per heavy atom. The molecule has 120 valence electrons. The van der Waals surface area contributed by atoms with Crippen molar-refractivity contribution >= 4 is 5.82 Å². The maximum absolute atomic E-state index is 10.0. The van der Waals surface area contributed by atoms with Crippen LogP contribution >= 0.6 is 0 Å². The van der Waals surface area contributed by atoms with E-state index in [0.29, 0.717) is 18.6 Å². The first-order chi connectivity index (χ1) is 10.7. The van der Waals surface area contributed by atoms with Crippen LogP contribution in [0.3, 0.4) is 0 Å². The third-order valence-corrected chi connectivity index (χ3v) is 6.01. The lowest BCUT2D eigenvalue weighted by Gasteiger charge is -2.53. The summed E-state index contributed by atoms with van der Waals surface area (Å²) >= 11 is 0. The summed E-state index contributed by atoms with van der Waals surface area (Å²) in [7, 11) is 2.20.